The van der Waals surface area contributed by atoms with Crippen LogP contribution in [0.15, 0.2) is 71.6 Å². The SMILES string of the molecule is Cc1ccccc1S(=O)(=O)N1CCOc2ccc(COCc3ccc(Cl)cc3)cc2C1. The van der Waals surface area contributed by atoms with Gasteiger partial charge in [-0.3, -0.25) is 0 Å². The fourth-order valence-electron chi connectivity index (χ4n) is 3.57. The van der Waals surface area contributed by atoms with E-state index in [1.54, 1.807) is 12.1 Å². The van der Waals surface area contributed by atoms with Gasteiger partial charge >= 0.3 is 0 Å². The van der Waals surface area contributed by atoms with E-state index in [2.05, 4.69) is 0 Å². The van der Waals surface area contributed by atoms with E-state index in [0.29, 0.717) is 42.0 Å². The average molecular weight is 458 g/mol. The Morgan fingerprint density at radius 1 is 1.00 bits per heavy atom. The van der Waals surface area contributed by atoms with E-state index < -0.39 is 10.0 Å². The predicted molar refractivity (Wildman–Crippen MR) is 121 cm³/mol. The second-order valence-corrected chi connectivity index (χ2v) is 9.86. The molecule has 0 unspecified atom stereocenters. The number of halogens is 1. The lowest BCUT2D eigenvalue weighted by Crippen LogP contribution is -2.33. The van der Waals surface area contributed by atoms with E-state index in [-0.39, 0.29) is 6.54 Å². The highest BCUT2D eigenvalue weighted by Gasteiger charge is 2.28. The molecule has 1 heterocycles. The third-order valence-electron chi connectivity index (χ3n) is 5.23. The van der Waals surface area contributed by atoms with Crippen LogP contribution in [0.2, 0.25) is 5.02 Å². The van der Waals surface area contributed by atoms with Crippen molar-refractivity contribution < 1.29 is 17.9 Å². The molecule has 0 amide bonds. The molecular weight excluding hydrogens is 434 g/mol. The fourth-order valence-corrected chi connectivity index (χ4v) is 5.32. The monoisotopic (exact) mass is 457 g/mol. The van der Waals surface area contributed by atoms with Gasteiger partial charge in [-0.25, -0.2) is 8.42 Å². The average Bonchev–Trinajstić information content (AvgIpc) is 2.98. The van der Waals surface area contributed by atoms with Crippen LogP contribution < -0.4 is 4.74 Å². The summed E-state index contributed by atoms with van der Waals surface area (Å²) >= 11 is 5.91. The van der Waals surface area contributed by atoms with Crippen LogP contribution in [0, 0.1) is 6.92 Å². The van der Waals surface area contributed by atoms with Crippen LogP contribution in [0.5, 0.6) is 5.75 Å². The van der Waals surface area contributed by atoms with Crippen molar-refractivity contribution in [1.82, 2.24) is 4.31 Å². The first kappa shape index (κ1) is 21.8. The molecule has 3 aromatic rings. The van der Waals surface area contributed by atoms with E-state index in [9.17, 15) is 8.42 Å². The van der Waals surface area contributed by atoms with Crippen LogP contribution in [0.25, 0.3) is 0 Å². The lowest BCUT2D eigenvalue weighted by Gasteiger charge is -2.20. The van der Waals surface area contributed by atoms with Crippen molar-refractivity contribution in [3.05, 3.63) is 94.0 Å². The molecule has 7 heteroatoms. The van der Waals surface area contributed by atoms with Crippen LogP contribution >= 0.6 is 11.6 Å². The Balaban J connectivity index is 1.49. The number of hydrogen-bond donors (Lipinski definition) is 0. The van der Waals surface area contributed by atoms with Crippen LogP contribution in [0.4, 0.5) is 0 Å². The molecule has 0 saturated heterocycles. The molecule has 0 aliphatic carbocycles. The Hall–Kier alpha value is -2.38. The first-order valence-electron chi connectivity index (χ1n) is 10.1. The van der Waals surface area contributed by atoms with Gasteiger partial charge in [0.15, 0.2) is 0 Å². The van der Waals surface area contributed by atoms with Crippen molar-refractivity contribution in [1.29, 1.82) is 0 Å². The van der Waals surface area contributed by atoms with Crippen LogP contribution in [0.3, 0.4) is 0 Å². The summed E-state index contributed by atoms with van der Waals surface area (Å²) in [6.07, 6.45) is 0. The van der Waals surface area contributed by atoms with Gasteiger partial charge in [0.2, 0.25) is 10.0 Å². The van der Waals surface area contributed by atoms with Gasteiger partial charge in [-0.2, -0.15) is 4.31 Å². The standard InChI is InChI=1S/C24H24ClNO4S/c1-18-4-2-3-5-24(18)31(27,28)26-12-13-30-23-11-8-20(14-21(23)15-26)17-29-16-19-6-9-22(25)10-7-19/h2-11,14H,12-13,15-17H2,1H3. The highest BCUT2D eigenvalue weighted by Crippen LogP contribution is 2.29. The van der Waals surface area contributed by atoms with Crippen LogP contribution in [-0.2, 0) is 34.5 Å². The van der Waals surface area contributed by atoms with Crippen LogP contribution in [-0.4, -0.2) is 25.9 Å². The van der Waals surface area contributed by atoms with Gasteiger partial charge in [-0.15, -0.1) is 0 Å². The molecule has 1 aliphatic heterocycles. The first-order valence-corrected chi connectivity index (χ1v) is 11.9. The van der Waals surface area contributed by atoms with Gasteiger partial charge in [0.05, 0.1) is 18.1 Å². The van der Waals surface area contributed by atoms with Crippen molar-refractivity contribution in [2.24, 2.45) is 0 Å². The van der Waals surface area contributed by atoms with Gasteiger partial charge in [-0.1, -0.05) is 48.0 Å². The Labute approximate surface area is 188 Å². The maximum absolute atomic E-state index is 13.2. The van der Waals surface area contributed by atoms with Gasteiger partial charge in [-0.05, 0) is 53.9 Å². The molecule has 162 valence electrons. The summed E-state index contributed by atoms with van der Waals surface area (Å²) in [7, 11) is -3.62. The zero-order valence-corrected chi connectivity index (χ0v) is 18.8. The third kappa shape index (κ3) is 5.10. The molecule has 5 nitrogen and oxygen atoms in total. The van der Waals surface area contributed by atoms with Crippen molar-refractivity contribution in [3.8, 4) is 5.75 Å². The molecular formula is C24H24ClNO4S. The molecule has 1 aliphatic rings. The number of sulfonamides is 1. The molecule has 3 aromatic carbocycles. The molecule has 0 spiro atoms. The second-order valence-electron chi connectivity index (χ2n) is 7.51. The number of benzene rings is 3. The minimum absolute atomic E-state index is 0.261. The smallest absolute Gasteiger partial charge is 0.243 e. The first-order chi connectivity index (χ1) is 14.9. The topological polar surface area (TPSA) is 55.8 Å². The Bertz CT molecular complexity index is 1160. The molecule has 0 bridgehead atoms. The lowest BCUT2D eigenvalue weighted by molar-refractivity contribution is 0.107. The van der Waals surface area contributed by atoms with Gasteiger partial charge < -0.3 is 9.47 Å². The van der Waals surface area contributed by atoms with E-state index in [4.69, 9.17) is 21.1 Å². The summed E-state index contributed by atoms with van der Waals surface area (Å²) in [6.45, 7) is 3.57. The second kappa shape index (κ2) is 9.40. The van der Waals surface area contributed by atoms with E-state index in [0.717, 1.165) is 22.3 Å². The predicted octanol–water partition coefficient (Wildman–Crippen LogP) is 4.95. The van der Waals surface area contributed by atoms with Gasteiger partial charge in [0.1, 0.15) is 12.4 Å². The maximum Gasteiger partial charge on any atom is 0.243 e. The number of ether oxygens (including phenoxy) is 2. The number of aryl methyl sites for hydroxylation is 1. The summed E-state index contributed by atoms with van der Waals surface area (Å²) in [5, 5.41) is 0.694. The summed E-state index contributed by atoms with van der Waals surface area (Å²) in [6, 6.07) is 20.4. The quantitative estimate of drug-likeness (QED) is 0.525. The third-order valence-corrected chi connectivity index (χ3v) is 7.49. The largest absolute Gasteiger partial charge is 0.492 e. The molecule has 0 fully saturated rings. The van der Waals surface area contributed by atoms with Crippen molar-refractivity contribution in [3.63, 3.8) is 0 Å². The van der Waals surface area contributed by atoms with E-state index in [1.807, 2.05) is 61.5 Å². The molecule has 0 aromatic heterocycles. The minimum atomic E-state index is -3.62. The van der Waals surface area contributed by atoms with Gasteiger partial charge in [0, 0.05) is 23.7 Å². The van der Waals surface area contributed by atoms with Crippen molar-refractivity contribution in [2.75, 3.05) is 13.2 Å². The summed E-state index contributed by atoms with van der Waals surface area (Å²) in [5.41, 5.74) is 3.57. The summed E-state index contributed by atoms with van der Waals surface area (Å²) < 4.78 is 39.6. The molecule has 31 heavy (non-hydrogen) atoms. The number of rotatable bonds is 6. The molecule has 0 radical (unpaired) electrons. The van der Waals surface area contributed by atoms with Crippen molar-refractivity contribution >= 4 is 21.6 Å². The summed E-state index contributed by atoms with van der Waals surface area (Å²) in [5.74, 6) is 0.712. The van der Waals surface area contributed by atoms with Crippen LogP contribution in [0.1, 0.15) is 22.3 Å². The normalized spacial score (nSPS) is 14.5. The molecule has 0 atom stereocenters. The molecule has 0 saturated carbocycles. The lowest BCUT2D eigenvalue weighted by atomic mass is 10.1. The Morgan fingerprint density at radius 3 is 2.48 bits per heavy atom. The van der Waals surface area contributed by atoms with Gasteiger partial charge in [0.25, 0.3) is 0 Å². The van der Waals surface area contributed by atoms with E-state index >= 15 is 0 Å². The Morgan fingerprint density at radius 2 is 1.71 bits per heavy atom. The highest BCUT2D eigenvalue weighted by molar-refractivity contribution is 7.89. The van der Waals surface area contributed by atoms with E-state index in [1.165, 1.54) is 4.31 Å². The fraction of sp³-hybridized carbons (Fsp3) is 0.250. The summed E-state index contributed by atoms with van der Waals surface area (Å²) in [4.78, 5) is 0.334. The number of fused-ring (bicyclic) bond motifs is 1. The maximum atomic E-state index is 13.2. The zero-order valence-electron chi connectivity index (χ0n) is 17.3. The number of nitrogens with zero attached hydrogens (tertiary/aromatic N) is 1. The minimum Gasteiger partial charge on any atom is -0.492 e. The number of hydrogen-bond acceptors (Lipinski definition) is 4. The van der Waals surface area contributed by atoms with Crippen molar-refractivity contribution in [2.45, 2.75) is 31.6 Å². The Kier molecular flexibility index (Phi) is 6.62. The highest BCUT2D eigenvalue weighted by atomic mass is 35.5. The molecule has 0 N–H and O–H groups in total. The molecule has 4 rings (SSSR count). The zero-order chi connectivity index (χ0) is 21.8.